The van der Waals surface area contributed by atoms with E-state index in [0.29, 0.717) is 18.6 Å². The zero-order valence-electron chi connectivity index (χ0n) is 26.1. The minimum atomic E-state index is -0.101. The molecule has 0 spiro atoms. The van der Waals surface area contributed by atoms with Crippen LogP contribution in [-0.2, 0) is 0 Å². The first-order valence-electron chi connectivity index (χ1n) is 14.1. The summed E-state index contributed by atoms with van der Waals surface area (Å²) in [6, 6.07) is 0.0806. The highest BCUT2D eigenvalue weighted by Crippen LogP contribution is 2.42. The van der Waals surface area contributed by atoms with Gasteiger partial charge in [-0.1, -0.05) is 0 Å². The first-order valence-corrected chi connectivity index (χ1v) is 14.8. The maximum absolute atomic E-state index is 6.34. The normalized spacial score (nSPS) is 22.9. The number of hydrogen-bond acceptors (Lipinski definition) is 10. The fourth-order valence-electron chi connectivity index (χ4n) is 6.89. The van der Waals surface area contributed by atoms with E-state index in [1.54, 1.807) is 0 Å². The summed E-state index contributed by atoms with van der Waals surface area (Å²) >= 11 is 12.7. The lowest BCUT2D eigenvalue weighted by Crippen LogP contribution is -2.66. The zero-order valence-corrected chi connectivity index (χ0v) is 27.6. The van der Waals surface area contributed by atoms with Crippen molar-refractivity contribution in [1.82, 2.24) is 39.7 Å². The Morgan fingerprint density at radius 3 is 1.17 bits per heavy atom. The van der Waals surface area contributed by atoms with Crippen LogP contribution in [0.25, 0.3) is 0 Å². The van der Waals surface area contributed by atoms with Gasteiger partial charge in [0.2, 0.25) is 22.5 Å². The SMILES string of the molecule is [B]c1nc(Cl)nc(N(CN(c2nc([B])nc(Cl)n2)C2CC(C)(C)N(C)C(C)(C)C2)C2CC(C)(C)N(C)C(C)(C)C2)n1. The molecule has 0 N–H and O–H groups in total. The lowest BCUT2D eigenvalue weighted by atomic mass is 9.76. The average Bonchev–Trinajstić information content (AvgIpc) is 2.79. The topological polar surface area (TPSA) is 90.3 Å². The zero-order chi connectivity index (χ0) is 30.7. The van der Waals surface area contributed by atoms with E-state index in [-0.39, 0.29) is 56.3 Å². The third-order valence-electron chi connectivity index (χ3n) is 9.50. The molecule has 2 aromatic rings. The summed E-state index contributed by atoms with van der Waals surface area (Å²) in [5.74, 6) is 0.821. The van der Waals surface area contributed by atoms with Gasteiger partial charge in [-0.25, -0.2) is 19.9 Å². The van der Waals surface area contributed by atoms with Crippen LogP contribution >= 0.6 is 23.2 Å². The number of halogens is 2. The van der Waals surface area contributed by atoms with Crippen molar-refractivity contribution < 1.29 is 0 Å². The standard InChI is InChI=1S/C27H42B2Cl2N10/c1-24(2)11-16(12-25(3,4)38(24)9)40(22-34-18(28)32-20(30)36-22)15-41(23-35-19(29)33-21(31)37-23)17-13-26(5,6)39(10)27(7,8)14-17/h16-17H,11-15H2,1-10H3. The van der Waals surface area contributed by atoms with Gasteiger partial charge in [-0.3, -0.25) is 9.80 Å². The molecule has 0 aliphatic carbocycles. The minimum absolute atomic E-state index is 0.0403. The molecule has 2 fully saturated rings. The van der Waals surface area contributed by atoms with Gasteiger partial charge in [0.05, 0.1) is 18.1 Å². The molecular weight excluding hydrogens is 557 g/mol. The molecule has 2 aromatic heterocycles. The molecule has 2 saturated heterocycles. The summed E-state index contributed by atoms with van der Waals surface area (Å²) in [5, 5.41) is 0.0917. The third kappa shape index (κ3) is 6.76. The summed E-state index contributed by atoms with van der Waals surface area (Å²) in [7, 11) is 16.6. The molecule has 0 aromatic carbocycles. The molecule has 10 nitrogen and oxygen atoms in total. The Kier molecular flexibility index (Phi) is 8.68. The van der Waals surface area contributed by atoms with Crippen molar-refractivity contribution in [3.05, 3.63) is 10.6 Å². The Morgan fingerprint density at radius 1 is 0.610 bits per heavy atom. The van der Waals surface area contributed by atoms with Gasteiger partial charge < -0.3 is 9.80 Å². The van der Waals surface area contributed by atoms with Gasteiger partial charge >= 0.3 is 0 Å². The number of piperidine rings is 2. The Hall–Kier alpha value is -1.75. The van der Waals surface area contributed by atoms with E-state index < -0.39 is 0 Å². The quantitative estimate of drug-likeness (QED) is 0.365. The number of hydrogen-bond donors (Lipinski definition) is 0. The predicted molar refractivity (Wildman–Crippen MR) is 168 cm³/mol. The number of likely N-dealkylation sites (tertiary alicyclic amines) is 2. The van der Waals surface area contributed by atoms with Crippen LogP contribution in [0.2, 0.25) is 10.6 Å². The lowest BCUT2D eigenvalue weighted by molar-refractivity contribution is -0.0165. The van der Waals surface area contributed by atoms with Gasteiger partial charge in [0.1, 0.15) is 0 Å². The second-order valence-corrected chi connectivity index (χ2v) is 14.8. The maximum Gasteiger partial charge on any atom is 0.230 e. The van der Waals surface area contributed by atoms with E-state index in [9.17, 15) is 0 Å². The molecule has 0 unspecified atom stereocenters. The van der Waals surface area contributed by atoms with Gasteiger partial charge in [-0.2, -0.15) is 9.97 Å². The molecule has 4 radical (unpaired) electrons. The number of nitrogens with zero attached hydrogens (tertiary/aromatic N) is 10. The fourth-order valence-corrected chi connectivity index (χ4v) is 7.22. The molecule has 41 heavy (non-hydrogen) atoms. The molecule has 2 aliphatic rings. The Labute approximate surface area is 257 Å². The number of aromatic nitrogens is 6. The summed E-state index contributed by atoms with van der Waals surface area (Å²) in [6.07, 6.45) is 3.42. The Morgan fingerprint density at radius 2 is 0.902 bits per heavy atom. The largest absolute Gasteiger partial charge is 0.320 e. The van der Waals surface area contributed by atoms with Crippen LogP contribution in [0.4, 0.5) is 11.9 Å². The maximum atomic E-state index is 6.34. The summed E-state index contributed by atoms with van der Waals surface area (Å²) in [5.41, 5.74) is -0.270. The fraction of sp³-hybridized carbons (Fsp3) is 0.778. The van der Waals surface area contributed by atoms with Crippen molar-refractivity contribution in [3.8, 4) is 0 Å². The van der Waals surface area contributed by atoms with Crippen molar-refractivity contribution in [3.63, 3.8) is 0 Å². The second-order valence-electron chi connectivity index (χ2n) is 14.1. The minimum Gasteiger partial charge on any atom is -0.320 e. The van der Waals surface area contributed by atoms with Gasteiger partial charge in [0.25, 0.3) is 0 Å². The summed E-state index contributed by atoms with van der Waals surface area (Å²) in [4.78, 5) is 35.5. The highest BCUT2D eigenvalue weighted by atomic mass is 35.5. The average molecular weight is 599 g/mol. The molecule has 0 amide bonds. The molecule has 4 rings (SSSR count). The highest BCUT2D eigenvalue weighted by molar-refractivity contribution is 6.32. The first kappa shape index (κ1) is 32.2. The van der Waals surface area contributed by atoms with E-state index in [4.69, 9.17) is 38.9 Å². The first-order chi connectivity index (χ1) is 18.7. The predicted octanol–water partition coefficient (Wildman–Crippen LogP) is 2.52. The van der Waals surface area contributed by atoms with Gasteiger partial charge in [0.15, 0.2) is 15.7 Å². The Bertz CT molecular complexity index is 1100. The van der Waals surface area contributed by atoms with Gasteiger partial charge in [0, 0.05) is 34.2 Å². The summed E-state index contributed by atoms with van der Waals surface area (Å²) < 4.78 is 0. The van der Waals surface area contributed by atoms with Crippen LogP contribution in [-0.4, -0.2) is 110 Å². The van der Waals surface area contributed by atoms with Crippen LogP contribution in [0.3, 0.4) is 0 Å². The van der Waals surface area contributed by atoms with E-state index in [2.05, 4.69) is 119 Å². The lowest BCUT2D eigenvalue weighted by Gasteiger charge is -2.57. The second kappa shape index (κ2) is 11.1. The Balaban J connectivity index is 1.86. The molecule has 2 aliphatic heterocycles. The van der Waals surface area contributed by atoms with Crippen molar-refractivity contribution in [2.24, 2.45) is 0 Å². The van der Waals surface area contributed by atoms with E-state index in [0.717, 1.165) is 25.7 Å². The molecule has 4 heterocycles. The third-order valence-corrected chi connectivity index (χ3v) is 9.84. The van der Waals surface area contributed by atoms with E-state index >= 15 is 0 Å². The van der Waals surface area contributed by atoms with E-state index in [1.807, 2.05) is 0 Å². The monoisotopic (exact) mass is 598 g/mol. The van der Waals surface area contributed by atoms with Gasteiger partial charge in [-0.15, -0.1) is 0 Å². The number of anilines is 2. The van der Waals surface area contributed by atoms with Crippen molar-refractivity contribution in [1.29, 1.82) is 0 Å². The van der Waals surface area contributed by atoms with Crippen LogP contribution in [0.5, 0.6) is 0 Å². The summed E-state index contributed by atoms with van der Waals surface area (Å²) in [6.45, 7) is 18.5. The van der Waals surface area contributed by atoms with Crippen LogP contribution < -0.4 is 21.2 Å². The van der Waals surface area contributed by atoms with Crippen molar-refractivity contribution in [2.45, 2.75) is 115 Å². The van der Waals surface area contributed by atoms with Crippen LogP contribution in [0.1, 0.15) is 81.1 Å². The van der Waals surface area contributed by atoms with E-state index in [1.165, 1.54) is 0 Å². The molecule has 220 valence electrons. The van der Waals surface area contributed by atoms with Gasteiger partial charge in [-0.05, 0) is 118 Å². The highest BCUT2D eigenvalue weighted by Gasteiger charge is 2.48. The van der Waals surface area contributed by atoms with Crippen LogP contribution in [0.15, 0.2) is 0 Å². The molecule has 14 heteroatoms. The molecular formula is C27H42B2Cl2N10. The molecule has 0 atom stereocenters. The van der Waals surface area contributed by atoms with Crippen molar-refractivity contribution >= 4 is 62.2 Å². The molecule has 0 saturated carbocycles. The smallest absolute Gasteiger partial charge is 0.230 e. The van der Waals surface area contributed by atoms with Crippen LogP contribution in [0, 0.1) is 0 Å². The number of rotatable bonds is 6. The van der Waals surface area contributed by atoms with Crippen molar-refractivity contribution in [2.75, 3.05) is 30.6 Å². The molecule has 0 bridgehead atoms.